The minimum atomic E-state index is -1.68. The van der Waals surface area contributed by atoms with Gasteiger partial charge < -0.3 is 19.7 Å². The molecule has 1 aromatic heterocycles. The summed E-state index contributed by atoms with van der Waals surface area (Å²) in [6.45, 7) is -1.70. The van der Waals surface area contributed by atoms with Crippen LogP contribution >= 0.6 is 0 Å². The van der Waals surface area contributed by atoms with E-state index in [9.17, 15) is 19.4 Å². The summed E-state index contributed by atoms with van der Waals surface area (Å²) < 4.78 is 25.0. The van der Waals surface area contributed by atoms with Gasteiger partial charge in [-0.2, -0.15) is 4.98 Å². The third-order valence-electron chi connectivity index (χ3n) is 3.30. The summed E-state index contributed by atoms with van der Waals surface area (Å²) in [5.41, 5.74) is -2.16. The van der Waals surface area contributed by atoms with Crippen LogP contribution in [-0.4, -0.2) is 50.9 Å². The number of nitrogens with zero attached hydrogens (tertiary/aromatic N) is 2. The number of halogens is 1. The van der Waals surface area contributed by atoms with Crippen LogP contribution in [0.3, 0.4) is 0 Å². The fourth-order valence-corrected chi connectivity index (χ4v) is 2.25. The van der Waals surface area contributed by atoms with Crippen LogP contribution in [0.4, 0.5) is 4.39 Å². The molecule has 2 aliphatic rings. The molecule has 3 rings (SSSR count). The van der Waals surface area contributed by atoms with Crippen molar-refractivity contribution in [2.45, 2.75) is 24.0 Å². The highest BCUT2D eigenvalue weighted by molar-refractivity contribution is 5.14. The molecule has 18 heavy (non-hydrogen) atoms. The summed E-state index contributed by atoms with van der Waals surface area (Å²) in [6.07, 6.45) is -1.63. The van der Waals surface area contributed by atoms with Gasteiger partial charge in [0.05, 0.1) is 6.61 Å². The van der Waals surface area contributed by atoms with E-state index in [0.717, 1.165) is 0 Å². The molecule has 4 atom stereocenters. The maximum atomic E-state index is 13.0. The first-order chi connectivity index (χ1) is 8.61. The van der Waals surface area contributed by atoms with E-state index in [4.69, 9.17) is 9.47 Å². The number of rotatable bonds is 2. The molecule has 0 bridgehead atoms. The predicted octanol–water partition coefficient (Wildman–Crippen LogP) is -1.41. The molecule has 3 heterocycles. The number of hydrogen-bond acceptors (Lipinski definition) is 6. The zero-order chi connectivity index (χ0) is 12.9. The van der Waals surface area contributed by atoms with Crippen LogP contribution in [0.5, 0.6) is 6.01 Å². The summed E-state index contributed by atoms with van der Waals surface area (Å²) in [7, 11) is 0. The molecule has 0 radical (unpaired) electrons. The van der Waals surface area contributed by atoms with Crippen molar-refractivity contribution in [3.63, 3.8) is 0 Å². The molecule has 0 saturated carbocycles. The maximum Gasteiger partial charge on any atom is 0.302 e. The first kappa shape index (κ1) is 11.6. The van der Waals surface area contributed by atoms with Gasteiger partial charge in [-0.25, -0.2) is 4.39 Å². The largest absolute Gasteiger partial charge is 0.453 e. The lowest BCUT2D eigenvalue weighted by atomic mass is 9.98. The van der Waals surface area contributed by atoms with Crippen molar-refractivity contribution >= 4 is 0 Å². The molecular weight excluding hydrogens is 247 g/mol. The quantitative estimate of drug-likeness (QED) is 0.677. The van der Waals surface area contributed by atoms with Gasteiger partial charge in [0.1, 0.15) is 12.8 Å². The van der Waals surface area contributed by atoms with Crippen LogP contribution < -0.4 is 10.3 Å². The minimum Gasteiger partial charge on any atom is -0.453 e. The van der Waals surface area contributed by atoms with Gasteiger partial charge in [0.15, 0.2) is 17.9 Å². The number of hydrogen-bond donors (Lipinski definition) is 2. The number of aromatic nitrogens is 2. The Balaban J connectivity index is 2.00. The highest BCUT2D eigenvalue weighted by atomic mass is 19.1. The third kappa shape index (κ3) is 1.33. The topological polar surface area (TPSA) is 93.8 Å². The van der Waals surface area contributed by atoms with E-state index in [1.165, 1.54) is 16.8 Å². The molecule has 2 N–H and O–H groups in total. The van der Waals surface area contributed by atoms with Crippen molar-refractivity contribution in [1.82, 2.24) is 9.55 Å². The SMILES string of the molecule is O=c1ccn2c(n1)O[C@@H]1[C@H]2O[C@@](CO)(CF)[C@H]1O. The second kappa shape index (κ2) is 3.74. The van der Waals surface area contributed by atoms with E-state index >= 15 is 0 Å². The van der Waals surface area contributed by atoms with E-state index < -0.39 is 42.9 Å². The van der Waals surface area contributed by atoms with Crippen LogP contribution in [0.15, 0.2) is 17.1 Å². The van der Waals surface area contributed by atoms with E-state index in [0.29, 0.717) is 0 Å². The monoisotopic (exact) mass is 258 g/mol. The molecule has 1 aromatic rings. The fraction of sp³-hybridized carbons (Fsp3) is 0.600. The Morgan fingerprint density at radius 1 is 1.61 bits per heavy atom. The molecule has 0 unspecified atom stereocenters. The number of ether oxygens (including phenoxy) is 2. The van der Waals surface area contributed by atoms with Crippen LogP contribution in [0, 0.1) is 0 Å². The molecule has 1 saturated heterocycles. The summed E-state index contributed by atoms with van der Waals surface area (Å²) in [5.74, 6) is 0. The average Bonchev–Trinajstić information content (AvgIpc) is 2.84. The van der Waals surface area contributed by atoms with E-state index in [-0.39, 0.29) is 6.01 Å². The first-order valence-electron chi connectivity index (χ1n) is 5.40. The van der Waals surface area contributed by atoms with Gasteiger partial charge in [0.2, 0.25) is 0 Å². The van der Waals surface area contributed by atoms with Crippen molar-refractivity contribution in [3.8, 4) is 6.01 Å². The van der Waals surface area contributed by atoms with Gasteiger partial charge in [-0.3, -0.25) is 9.36 Å². The van der Waals surface area contributed by atoms with Gasteiger partial charge in [0, 0.05) is 12.3 Å². The van der Waals surface area contributed by atoms with Crippen molar-refractivity contribution < 1.29 is 24.1 Å². The molecule has 2 aliphatic heterocycles. The van der Waals surface area contributed by atoms with E-state index in [1.807, 2.05) is 0 Å². The Hall–Kier alpha value is -1.51. The standard InChI is InChI=1S/C10H11FN2O5/c11-3-10(4-14)7(16)6-8(18-10)13-2-1-5(15)12-9(13)17-6/h1-2,6-8,14,16H,3-4H2/t6-,7-,8+,10+/m0/s1. The van der Waals surface area contributed by atoms with Crippen LogP contribution in [0.25, 0.3) is 0 Å². The number of alkyl halides is 1. The Morgan fingerprint density at radius 3 is 3.06 bits per heavy atom. The number of aliphatic hydroxyl groups excluding tert-OH is 2. The van der Waals surface area contributed by atoms with Crippen LogP contribution in [-0.2, 0) is 4.74 Å². The number of aliphatic hydroxyl groups is 2. The van der Waals surface area contributed by atoms with Crippen molar-refractivity contribution in [3.05, 3.63) is 22.6 Å². The van der Waals surface area contributed by atoms with Crippen molar-refractivity contribution in [1.29, 1.82) is 0 Å². The van der Waals surface area contributed by atoms with Gasteiger partial charge in [-0.05, 0) is 0 Å². The van der Waals surface area contributed by atoms with Crippen LogP contribution in [0.1, 0.15) is 6.23 Å². The normalized spacial score (nSPS) is 37.2. The highest BCUT2D eigenvalue weighted by Crippen LogP contribution is 2.43. The Kier molecular flexibility index (Phi) is 2.40. The summed E-state index contributed by atoms with van der Waals surface area (Å²) >= 11 is 0. The smallest absolute Gasteiger partial charge is 0.302 e. The number of fused-ring (bicyclic) bond motifs is 3. The van der Waals surface area contributed by atoms with Crippen molar-refractivity contribution in [2.24, 2.45) is 0 Å². The average molecular weight is 258 g/mol. The summed E-state index contributed by atoms with van der Waals surface area (Å²) in [6, 6.07) is 1.22. The van der Waals surface area contributed by atoms with Gasteiger partial charge >= 0.3 is 6.01 Å². The predicted molar refractivity (Wildman–Crippen MR) is 54.8 cm³/mol. The third-order valence-corrected chi connectivity index (χ3v) is 3.30. The molecule has 8 heteroatoms. The Labute approximate surface area is 100 Å². The molecule has 0 spiro atoms. The first-order valence-corrected chi connectivity index (χ1v) is 5.40. The highest BCUT2D eigenvalue weighted by Gasteiger charge is 2.59. The lowest BCUT2D eigenvalue weighted by Gasteiger charge is -2.27. The zero-order valence-corrected chi connectivity index (χ0v) is 9.19. The molecule has 1 fully saturated rings. The molecule has 0 aromatic carbocycles. The second-order valence-corrected chi connectivity index (χ2v) is 4.35. The maximum absolute atomic E-state index is 13.0. The molecular formula is C10H11FN2O5. The molecule has 0 aliphatic carbocycles. The van der Waals surface area contributed by atoms with Gasteiger partial charge in [0.25, 0.3) is 5.56 Å². The summed E-state index contributed by atoms with van der Waals surface area (Å²) in [4.78, 5) is 14.7. The molecule has 0 amide bonds. The lowest BCUT2D eigenvalue weighted by Crippen LogP contribution is -2.49. The van der Waals surface area contributed by atoms with Gasteiger partial charge in [-0.15, -0.1) is 0 Å². The summed E-state index contributed by atoms with van der Waals surface area (Å²) in [5, 5.41) is 19.2. The minimum absolute atomic E-state index is 0.0157. The van der Waals surface area contributed by atoms with Crippen molar-refractivity contribution in [2.75, 3.05) is 13.3 Å². The van der Waals surface area contributed by atoms with Gasteiger partial charge in [-0.1, -0.05) is 0 Å². The lowest BCUT2D eigenvalue weighted by molar-refractivity contribution is -0.137. The molecule has 98 valence electrons. The van der Waals surface area contributed by atoms with E-state index in [1.54, 1.807) is 0 Å². The van der Waals surface area contributed by atoms with Crippen LogP contribution in [0.2, 0.25) is 0 Å². The molecule has 7 nitrogen and oxygen atoms in total. The van der Waals surface area contributed by atoms with E-state index in [2.05, 4.69) is 4.98 Å². The fourth-order valence-electron chi connectivity index (χ4n) is 2.25. The Bertz CT molecular complexity index is 529. The Morgan fingerprint density at radius 2 is 2.39 bits per heavy atom. The zero-order valence-electron chi connectivity index (χ0n) is 9.19. The second-order valence-electron chi connectivity index (χ2n) is 4.35.